The van der Waals surface area contributed by atoms with Gasteiger partial charge >= 0.3 is 0 Å². The molecule has 0 aliphatic carbocycles. The van der Waals surface area contributed by atoms with Gasteiger partial charge in [-0.3, -0.25) is 4.79 Å². The molecular weight excluding hydrogens is 216 g/mol. The van der Waals surface area contributed by atoms with Crippen molar-refractivity contribution < 1.29 is 4.79 Å². The molecule has 0 saturated carbocycles. The molecule has 0 saturated heterocycles. The maximum atomic E-state index is 11.8. The molecular formula is C12H12N4O. The topological polar surface area (TPSA) is 80.9 Å². The van der Waals surface area contributed by atoms with E-state index < -0.39 is 0 Å². The van der Waals surface area contributed by atoms with Crippen LogP contribution in [0, 0.1) is 6.92 Å². The van der Waals surface area contributed by atoms with E-state index in [2.05, 4.69) is 15.3 Å². The fraction of sp³-hybridized carbons (Fsp3) is 0.0833. The lowest BCUT2D eigenvalue weighted by Gasteiger charge is -2.08. The summed E-state index contributed by atoms with van der Waals surface area (Å²) in [7, 11) is 0. The monoisotopic (exact) mass is 228 g/mol. The van der Waals surface area contributed by atoms with Crippen LogP contribution in [0.4, 0.5) is 11.4 Å². The van der Waals surface area contributed by atoms with Crippen molar-refractivity contribution in [3.63, 3.8) is 0 Å². The molecule has 2 aromatic rings. The summed E-state index contributed by atoms with van der Waals surface area (Å²) in [5, 5.41) is 2.77. The van der Waals surface area contributed by atoms with Gasteiger partial charge < -0.3 is 11.1 Å². The van der Waals surface area contributed by atoms with Crippen LogP contribution in [0.25, 0.3) is 0 Å². The van der Waals surface area contributed by atoms with Crippen LogP contribution < -0.4 is 11.1 Å². The Morgan fingerprint density at radius 2 is 2.00 bits per heavy atom. The summed E-state index contributed by atoms with van der Waals surface area (Å²) in [6, 6.07) is 5.36. The van der Waals surface area contributed by atoms with Crippen molar-refractivity contribution >= 4 is 17.3 Å². The summed E-state index contributed by atoms with van der Waals surface area (Å²) >= 11 is 0. The van der Waals surface area contributed by atoms with E-state index >= 15 is 0 Å². The minimum absolute atomic E-state index is 0.251. The second kappa shape index (κ2) is 4.61. The van der Waals surface area contributed by atoms with E-state index in [1.807, 2.05) is 13.0 Å². The van der Waals surface area contributed by atoms with E-state index in [0.717, 1.165) is 5.56 Å². The average molecular weight is 228 g/mol. The Labute approximate surface area is 98.7 Å². The number of aromatic nitrogens is 2. The lowest BCUT2D eigenvalue weighted by atomic mass is 10.1. The van der Waals surface area contributed by atoms with Gasteiger partial charge in [-0.15, -0.1) is 0 Å². The van der Waals surface area contributed by atoms with Gasteiger partial charge in [-0.25, -0.2) is 9.97 Å². The molecule has 1 aromatic heterocycles. The molecule has 3 N–H and O–H groups in total. The summed E-state index contributed by atoms with van der Waals surface area (Å²) in [5.74, 6) is -0.251. The largest absolute Gasteiger partial charge is 0.399 e. The van der Waals surface area contributed by atoms with Gasteiger partial charge in [-0.2, -0.15) is 0 Å². The highest BCUT2D eigenvalue weighted by atomic mass is 16.1. The molecule has 0 aliphatic rings. The number of hydrogen-bond donors (Lipinski definition) is 2. The van der Waals surface area contributed by atoms with E-state index in [1.54, 1.807) is 12.1 Å². The van der Waals surface area contributed by atoms with E-state index in [0.29, 0.717) is 16.9 Å². The van der Waals surface area contributed by atoms with Crippen LogP contribution in [0.15, 0.2) is 36.9 Å². The molecule has 0 fully saturated rings. The number of anilines is 2. The molecule has 1 heterocycles. The van der Waals surface area contributed by atoms with Crippen LogP contribution in [0.5, 0.6) is 0 Å². The smallest absolute Gasteiger partial charge is 0.258 e. The average Bonchev–Trinajstić information content (AvgIpc) is 2.35. The van der Waals surface area contributed by atoms with Gasteiger partial charge in [-0.05, 0) is 24.6 Å². The Morgan fingerprint density at radius 3 is 2.71 bits per heavy atom. The van der Waals surface area contributed by atoms with Gasteiger partial charge in [-0.1, -0.05) is 6.07 Å². The predicted molar refractivity (Wildman–Crippen MR) is 65.6 cm³/mol. The summed E-state index contributed by atoms with van der Waals surface area (Å²) < 4.78 is 0. The molecule has 0 atom stereocenters. The highest BCUT2D eigenvalue weighted by Crippen LogP contribution is 2.18. The van der Waals surface area contributed by atoms with Crippen molar-refractivity contribution in [2.24, 2.45) is 0 Å². The Balaban J connectivity index is 2.22. The number of nitrogens with one attached hydrogen (secondary N) is 1. The number of nitrogens with zero attached hydrogens (tertiary/aromatic N) is 2. The van der Waals surface area contributed by atoms with Crippen LogP contribution in [0.1, 0.15) is 15.9 Å². The number of carbonyl (C=O) groups is 1. The molecule has 86 valence electrons. The van der Waals surface area contributed by atoms with Gasteiger partial charge in [0.2, 0.25) is 0 Å². The first-order valence-corrected chi connectivity index (χ1v) is 5.09. The molecule has 1 aromatic carbocycles. The molecule has 2 rings (SSSR count). The second-order valence-corrected chi connectivity index (χ2v) is 3.66. The number of hydrogen-bond acceptors (Lipinski definition) is 4. The minimum atomic E-state index is -0.251. The van der Waals surface area contributed by atoms with Crippen molar-refractivity contribution in [1.82, 2.24) is 9.97 Å². The molecule has 0 radical (unpaired) electrons. The minimum Gasteiger partial charge on any atom is -0.399 e. The summed E-state index contributed by atoms with van der Waals surface area (Å²) in [5.41, 5.74) is 8.33. The van der Waals surface area contributed by atoms with Crippen LogP contribution in [-0.2, 0) is 0 Å². The summed E-state index contributed by atoms with van der Waals surface area (Å²) in [6.07, 6.45) is 4.30. The first-order valence-electron chi connectivity index (χ1n) is 5.09. The maximum Gasteiger partial charge on any atom is 0.258 e. The number of benzene rings is 1. The fourth-order valence-corrected chi connectivity index (χ4v) is 1.39. The van der Waals surface area contributed by atoms with Crippen LogP contribution >= 0.6 is 0 Å². The van der Waals surface area contributed by atoms with E-state index in [4.69, 9.17) is 5.73 Å². The van der Waals surface area contributed by atoms with Gasteiger partial charge in [0.05, 0.1) is 5.56 Å². The first kappa shape index (κ1) is 11.1. The van der Waals surface area contributed by atoms with E-state index in [1.165, 1.54) is 18.7 Å². The number of amides is 1. The number of nitrogens with two attached hydrogens (primary N) is 1. The van der Waals surface area contributed by atoms with Gasteiger partial charge in [0.25, 0.3) is 5.91 Å². The first-order chi connectivity index (χ1) is 8.16. The molecule has 1 amide bonds. The number of aryl methyl sites for hydroxylation is 1. The normalized spacial score (nSPS) is 9.94. The molecule has 17 heavy (non-hydrogen) atoms. The number of rotatable bonds is 2. The zero-order valence-electron chi connectivity index (χ0n) is 9.34. The van der Waals surface area contributed by atoms with Crippen molar-refractivity contribution in [1.29, 1.82) is 0 Å². The molecule has 0 spiro atoms. The lowest BCUT2D eigenvalue weighted by molar-refractivity contribution is 0.102. The van der Waals surface area contributed by atoms with Crippen molar-refractivity contribution in [3.05, 3.63) is 48.0 Å². The standard InChI is InChI=1S/C12H12N4O/c1-8-2-3-10(13)4-11(8)16-12(17)9-5-14-7-15-6-9/h2-7H,13H2,1H3,(H,16,17). The third-order valence-corrected chi connectivity index (χ3v) is 2.33. The Kier molecular flexibility index (Phi) is 3.00. The van der Waals surface area contributed by atoms with Crippen LogP contribution in [0.2, 0.25) is 0 Å². The Hall–Kier alpha value is -2.43. The molecule has 0 bridgehead atoms. The highest BCUT2D eigenvalue weighted by molar-refractivity contribution is 6.04. The Morgan fingerprint density at radius 1 is 1.29 bits per heavy atom. The number of carbonyl (C=O) groups excluding carboxylic acids is 1. The van der Waals surface area contributed by atoms with Crippen LogP contribution in [-0.4, -0.2) is 15.9 Å². The molecule has 5 heteroatoms. The predicted octanol–water partition coefficient (Wildman–Crippen LogP) is 1.62. The van der Waals surface area contributed by atoms with E-state index in [-0.39, 0.29) is 5.91 Å². The zero-order valence-corrected chi connectivity index (χ0v) is 9.34. The quantitative estimate of drug-likeness (QED) is 0.765. The second-order valence-electron chi connectivity index (χ2n) is 3.66. The van der Waals surface area contributed by atoms with E-state index in [9.17, 15) is 4.79 Å². The SMILES string of the molecule is Cc1ccc(N)cc1NC(=O)c1cncnc1. The van der Waals surface area contributed by atoms with Crippen molar-refractivity contribution in [3.8, 4) is 0 Å². The van der Waals surface area contributed by atoms with Crippen LogP contribution in [0.3, 0.4) is 0 Å². The van der Waals surface area contributed by atoms with Gasteiger partial charge in [0.1, 0.15) is 6.33 Å². The lowest BCUT2D eigenvalue weighted by Crippen LogP contribution is -2.13. The third-order valence-electron chi connectivity index (χ3n) is 2.33. The van der Waals surface area contributed by atoms with Crippen molar-refractivity contribution in [2.45, 2.75) is 6.92 Å². The third kappa shape index (κ3) is 2.57. The molecule has 0 unspecified atom stereocenters. The maximum absolute atomic E-state index is 11.8. The summed E-state index contributed by atoms with van der Waals surface area (Å²) in [6.45, 7) is 1.90. The highest BCUT2D eigenvalue weighted by Gasteiger charge is 2.08. The van der Waals surface area contributed by atoms with Gasteiger partial charge in [0, 0.05) is 23.8 Å². The molecule has 5 nitrogen and oxygen atoms in total. The molecule has 0 aliphatic heterocycles. The number of nitrogen functional groups attached to an aromatic ring is 1. The van der Waals surface area contributed by atoms with Gasteiger partial charge in [0.15, 0.2) is 0 Å². The fourth-order valence-electron chi connectivity index (χ4n) is 1.39. The Bertz CT molecular complexity index is 539. The summed E-state index contributed by atoms with van der Waals surface area (Å²) in [4.78, 5) is 19.4. The van der Waals surface area contributed by atoms with Crippen molar-refractivity contribution in [2.75, 3.05) is 11.1 Å². The zero-order chi connectivity index (χ0) is 12.3.